The lowest BCUT2D eigenvalue weighted by molar-refractivity contribution is 0.0501. The minimum Gasteiger partial charge on any atom is -0.497 e. The third-order valence-electron chi connectivity index (χ3n) is 6.76. The van der Waals surface area contributed by atoms with Gasteiger partial charge in [0.05, 0.1) is 37.4 Å². The monoisotopic (exact) mass is 539 g/mol. The molecule has 1 fully saturated rings. The number of aromatic nitrogens is 2. The smallest absolute Gasteiger partial charge is 0.254 e. The Bertz CT molecular complexity index is 1340. The van der Waals surface area contributed by atoms with Gasteiger partial charge in [-0.3, -0.25) is 4.79 Å². The van der Waals surface area contributed by atoms with Crippen molar-refractivity contribution < 1.29 is 22.7 Å². The molecular formula is C29H37N3O5S. The first-order valence-corrected chi connectivity index (χ1v) is 14.7. The van der Waals surface area contributed by atoms with Crippen molar-refractivity contribution in [3.8, 4) is 5.75 Å². The molecule has 2 aromatic carbocycles. The third kappa shape index (κ3) is 6.63. The summed E-state index contributed by atoms with van der Waals surface area (Å²) in [6, 6.07) is 14.5. The van der Waals surface area contributed by atoms with Gasteiger partial charge in [-0.2, -0.15) is 0 Å². The zero-order chi connectivity index (χ0) is 27.3. The Kier molecular flexibility index (Phi) is 8.89. The van der Waals surface area contributed by atoms with Crippen molar-refractivity contribution in [3.05, 3.63) is 77.1 Å². The van der Waals surface area contributed by atoms with Crippen LogP contribution in [0, 0.1) is 12.8 Å². The summed E-state index contributed by atoms with van der Waals surface area (Å²) in [5, 5.41) is 0.0402. The van der Waals surface area contributed by atoms with Crippen LogP contribution in [0.25, 0.3) is 0 Å². The minimum atomic E-state index is -3.72. The molecule has 0 radical (unpaired) electrons. The molecule has 3 aromatic rings. The van der Waals surface area contributed by atoms with Gasteiger partial charge in [0.2, 0.25) is 15.0 Å². The fourth-order valence-corrected chi connectivity index (χ4v) is 6.34. The van der Waals surface area contributed by atoms with Crippen LogP contribution in [0.1, 0.15) is 53.9 Å². The second-order valence-electron chi connectivity index (χ2n) is 10.3. The number of hydrogen-bond acceptors (Lipinski definition) is 6. The van der Waals surface area contributed by atoms with Crippen LogP contribution in [0.4, 0.5) is 0 Å². The number of carbonyl (C=O) groups is 1. The van der Waals surface area contributed by atoms with E-state index in [4.69, 9.17) is 9.47 Å². The average molecular weight is 540 g/mol. The van der Waals surface area contributed by atoms with Crippen molar-refractivity contribution >= 4 is 15.7 Å². The van der Waals surface area contributed by atoms with E-state index in [-0.39, 0.29) is 35.4 Å². The zero-order valence-corrected chi connectivity index (χ0v) is 23.4. The van der Waals surface area contributed by atoms with E-state index in [9.17, 15) is 13.2 Å². The fourth-order valence-electron chi connectivity index (χ4n) is 4.73. The van der Waals surface area contributed by atoms with Gasteiger partial charge in [-0.1, -0.05) is 38.1 Å². The molecule has 2 heterocycles. The molecule has 8 nitrogen and oxygen atoms in total. The molecule has 1 atom stereocenters. The van der Waals surface area contributed by atoms with Crippen molar-refractivity contribution in [2.45, 2.75) is 63.7 Å². The number of hydrogen-bond donors (Lipinski definition) is 0. The topological polar surface area (TPSA) is 90.7 Å². The van der Waals surface area contributed by atoms with Gasteiger partial charge >= 0.3 is 0 Å². The minimum absolute atomic E-state index is 0.0402. The van der Waals surface area contributed by atoms with Crippen molar-refractivity contribution in [1.82, 2.24) is 14.5 Å². The SMILES string of the molecule is COc1ccc(C(=O)N(Cc2cnc(S(=O)(=O)Cc3ccccc3C)n2CC(C)C)C[C@H]2CCCO2)cc1. The predicted octanol–water partition coefficient (Wildman–Crippen LogP) is 4.65. The van der Waals surface area contributed by atoms with Gasteiger partial charge in [-0.25, -0.2) is 13.4 Å². The molecule has 4 rings (SSSR count). The predicted molar refractivity (Wildman–Crippen MR) is 146 cm³/mol. The van der Waals surface area contributed by atoms with E-state index >= 15 is 0 Å². The van der Waals surface area contributed by atoms with Gasteiger partial charge in [0, 0.05) is 25.3 Å². The highest BCUT2D eigenvalue weighted by molar-refractivity contribution is 7.90. The molecule has 0 unspecified atom stereocenters. The fraction of sp³-hybridized carbons (Fsp3) is 0.448. The molecule has 9 heteroatoms. The number of rotatable bonds is 11. The van der Waals surface area contributed by atoms with Crippen LogP contribution < -0.4 is 4.74 Å². The lowest BCUT2D eigenvalue weighted by Gasteiger charge is -2.26. The summed E-state index contributed by atoms with van der Waals surface area (Å²) in [5.74, 6) is 0.577. The van der Waals surface area contributed by atoms with Gasteiger partial charge in [-0.15, -0.1) is 0 Å². The number of carbonyl (C=O) groups excluding carboxylic acids is 1. The molecule has 1 amide bonds. The Hall–Kier alpha value is -3.17. The van der Waals surface area contributed by atoms with Crippen LogP contribution in [0.2, 0.25) is 0 Å². The van der Waals surface area contributed by atoms with Crippen LogP contribution in [0.3, 0.4) is 0 Å². The normalized spacial score (nSPS) is 15.7. The maximum Gasteiger partial charge on any atom is 0.254 e. The summed E-state index contributed by atoms with van der Waals surface area (Å²) < 4.78 is 40.0. The first-order chi connectivity index (χ1) is 18.2. The quantitative estimate of drug-likeness (QED) is 0.352. The maximum atomic E-state index is 13.6. The van der Waals surface area contributed by atoms with E-state index in [2.05, 4.69) is 4.98 Å². The van der Waals surface area contributed by atoms with Crippen molar-refractivity contribution in [2.24, 2.45) is 5.92 Å². The largest absolute Gasteiger partial charge is 0.497 e. The average Bonchev–Trinajstić information content (AvgIpc) is 3.55. The number of aryl methyl sites for hydroxylation is 1. The first-order valence-electron chi connectivity index (χ1n) is 13.0. The molecule has 1 aromatic heterocycles. The Morgan fingerprint density at radius 1 is 1.18 bits per heavy atom. The maximum absolute atomic E-state index is 13.6. The van der Waals surface area contributed by atoms with Crippen LogP contribution in [-0.2, 0) is 33.4 Å². The van der Waals surface area contributed by atoms with Crippen molar-refractivity contribution in [2.75, 3.05) is 20.3 Å². The van der Waals surface area contributed by atoms with Gasteiger partial charge < -0.3 is 18.9 Å². The molecule has 1 aliphatic heterocycles. The number of sulfone groups is 1. The molecule has 0 N–H and O–H groups in total. The van der Waals surface area contributed by atoms with E-state index in [1.54, 1.807) is 47.0 Å². The van der Waals surface area contributed by atoms with E-state index in [1.807, 2.05) is 45.0 Å². The van der Waals surface area contributed by atoms with Gasteiger partial charge in [0.15, 0.2) is 0 Å². The van der Waals surface area contributed by atoms with Crippen molar-refractivity contribution in [3.63, 3.8) is 0 Å². The molecule has 1 saturated heterocycles. The highest BCUT2D eigenvalue weighted by Crippen LogP contribution is 2.24. The van der Waals surface area contributed by atoms with Gasteiger partial charge in [0.25, 0.3) is 5.91 Å². The van der Waals surface area contributed by atoms with E-state index < -0.39 is 9.84 Å². The Labute approximate surface area is 225 Å². The molecular weight excluding hydrogens is 502 g/mol. The first kappa shape index (κ1) is 27.9. The summed E-state index contributed by atoms with van der Waals surface area (Å²) in [4.78, 5) is 19.8. The van der Waals surface area contributed by atoms with E-state index in [1.165, 1.54) is 0 Å². The molecule has 0 saturated carbocycles. The highest BCUT2D eigenvalue weighted by Gasteiger charge is 2.28. The van der Waals surface area contributed by atoms with Gasteiger partial charge in [-0.05, 0) is 61.1 Å². The number of imidazole rings is 1. The standard InChI is InChI=1S/C29H37N3O5S/c1-21(2)17-32-25(16-30-29(32)38(34,35)20-24-9-6-5-8-22(24)3)18-31(19-27-10-7-15-37-27)28(33)23-11-13-26(36-4)14-12-23/h5-6,8-9,11-14,16,21,27H,7,10,15,17-20H2,1-4H3/t27-/m1/s1. The molecule has 1 aliphatic rings. The lowest BCUT2D eigenvalue weighted by atomic mass is 10.1. The van der Waals surface area contributed by atoms with Crippen LogP contribution in [-0.4, -0.2) is 55.1 Å². The lowest BCUT2D eigenvalue weighted by Crippen LogP contribution is -2.37. The number of nitrogens with zero attached hydrogens (tertiary/aromatic N) is 3. The number of methoxy groups -OCH3 is 1. The molecule has 38 heavy (non-hydrogen) atoms. The summed E-state index contributed by atoms with van der Waals surface area (Å²) in [7, 11) is -2.14. The molecule has 0 aliphatic carbocycles. The summed E-state index contributed by atoms with van der Waals surface area (Å²) in [6.45, 7) is 7.78. The zero-order valence-electron chi connectivity index (χ0n) is 22.6. The Balaban J connectivity index is 1.66. The molecule has 0 bridgehead atoms. The number of ether oxygens (including phenoxy) is 2. The Morgan fingerprint density at radius 2 is 1.92 bits per heavy atom. The van der Waals surface area contributed by atoms with E-state index in [0.717, 1.165) is 24.0 Å². The van der Waals surface area contributed by atoms with Crippen molar-refractivity contribution in [1.29, 1.82) is 0 Å². The summed E-state index contributed by atoms with van der Waals surface area (Å²) in [5.41, 5.74) is 2.89. The van der Waals surface area contributed by atoms with Crippen LogP contribution in [0.5, 0.6) is 5.75 Å². The molecule has 0 spiro atoms. The van der Waals surface area contributed by atoms with Gasteiger partial charge in [0.1, 0.15) is 5.75 Å². The number of amides is 1. The van der Waals surface area contributed by atoms with Crippen LogP contribution in [0.15, 0.2) is 59.9 Å². The van der Waals surface area contributed by atoms with E-state index in [0.29, 0.717) is 36.7 Å². The second kappa shape index (κ2) is 12.1. The third-order valence-corrected chi connectivity index (χ3v) is 8.33. The molecule has 204 valence electrons. The number of benzene rings is 2. The highest BCUT2D eigenvalue weighted by atomic mass is 32.2. The Morgan fingerprint density at radius 3 is 2.55 bits per heavy atom. The summed E-state index contributed by atoms with van der Waals surface area (Å²) >= 11 is 0. The van der Waals surface area contributed by atoms with Crippen LogP contribution >= 0.6 is 0 Å². The summed E-state index contributed by atoms with van der Waals surface area (Å²) in [6.07, 6.45) is 3.38. The second-order valence-corrected chi connectivity index (χ2v) is 12.2.